The molecule has 21 heavy (non-hydrogen) atoms. The summed E-state index contributed by atoms with van der Waals surface area (Å²) in [4.78, 5) is 0. The predicted octanol–water partition coefficient (Wildman–Crippen LogP) is 5.46. The maximum atomic E-state index is 3.72. The van der Waals surface area contributed by atoms with Crippen molar-refractivity contribution in [2.75, 3.05) is 6.54 Å². The first-order valence-electron chi connectivity index (χ1n) is 8.59. The molecule has 0 saturated heterocycles. The van der Waals surface area contributed by atoms with Crippen LogP contribution in [0, 0.1) is 5.92 Å². The zero-order chi connectivity index (χ0) is 14.5. The van der Waals surface area contributed by atoms with Crippen LogP contribution in [-0.4, -0.2) is 6.54 Å². The number of fused-ring (bicyclic) bond motifs is 1. The summed E-state index contributed by atoms with van der Waals surface area (Å²) in [5.74, 6) is 0.973. The molecule has 1 atom stereocenters. The topological polar surface area (TPSA) is 12.0 Å². The quantitative estimate of drug-likeness (QED) is 0.741. The third-order valence-corrected chi connectivity index (χ3v) is 4.99. The zero-order valence-corrected chi connectivity index (χ0v) is 13.1. The van der Waals surface area contributed by atoms with Gasteiger partial charge in [-0.15, -0.1) is 0 Å². The summed E-state index contributed by atoms with van der Waals surface area (Å²) in [6.45, 7) is 3.26. The average molecular weight is 281 g/mol. The number of nitrogens with one attached hydrogen (secondary N) is 1. The van der Waals surface area contributed by atoms with E-state index in [1.54, 1.807) is 0 Å². The molecule has 1 aliphatic rings. The molecule has 0 aromatic heterocycles. The minimum Gasteiger partial charge on any atom is -0.310 e. The van der Waals surface area contributed by atoms with E-state index in [2.05, 4.69) is 54.7 Å². The molecule has 1 aliphatic carbocycles. The maximum Gasteiger partial charge on any atom is 0.0326 e. The molecule has 1 unspecified atom stereocenters. The third-order valence-electron chi connectivity index (χ3n) is 4.99. The van der Waals surface area contributed by atoms with Crippen LogP contribution in [0.1, 0.15) is 57.1 Å². The van der Waals surface area contributed by atoms with Crippen molar-refractivity contribution in [3.8, 4) is 0 Å². The fraction of sp³-hybridized carbons (Fsp3) is 0.500. The molecule has 0 amide bonds. The van der Waals surface area contributed by atoms with E-state index in [-0.39, 0.29) is 0 Å². The predicted molar refractivity (Wildman–Crippen MR) is 91.6 cm³/mol. The van der Waals surface area contributed by atoms with Gasteiger partial charge in [0, 0.05) is 6.04 Å². The summed E-state index contributed by atoms with van der Waals surface area (Å²) in [6.07, 6.45) is 8.45. The first kappa shape index (κ1) is 14.6. The van der Waals surface area contributed by atoms with Crippen LogP contribution in [0.5, 0.6) is 0 Å². The van der Waals surface area contributed by atoms with Crippen molar-refractivity contribution in [3.05, 3.63) is 48.0 Å². The van der Waals surface area contributed by atoms with Gasteiger partial charge in [-0.05, 0) is 41.6 Å². The van der Waals surface area contributed by atoms with E-state index in [1.165, 1.54) is 54.9 Å². The summed E-state index contributed by atoms with van der Waals surface area (Å²) in [5, 5.41) is 6.49. The van der Waals surface area contributed by atoms with Crippen LogP contribution in [0.3, 0.4) is 0 Å². The molecule has 0 bridgehead atoms. The Labute approximate surface area is 128 Å². The van der Waals surface area contributed by atoms with Gasteiger partial charge in [-0.1, -0.05) is 75.1 Å². The lowest BCUT2D eigenvalue weighted by atomic mass is 9.92. The highest BCUT2D eigenvalue weighted by molar-refractivity contribution is 5.86. The fourth-order valence-corrected chi connectivity index (χ4v) is 3.87. The Morgan fingerprint density at radius 3 is 2.62 bits per heavy atom. The van der Waals surface area contributed by atoms with Crippen LogP contribution in [0.4, 0.5) is 0 Å². The van der Waals surface area contributed by atoms with Crippen LogP contribution in [0.15, 0.2) is 42.5 Å². The SMILES string of the molecule is CCNC(CCC1CCCC1)c1cccc2ccccc12. The summed E-state index contributed by atoms with van der Waals surface area (Å²) in [7, 11) is 0. The van der Waals surface area contributed by atoms with E-state index in [9.17, 15) is 0 Å². The Morgan fingerprint density at radius 2 is 1.81 bits per heavy atom. The normalized spacial score (nSPS) is 17.4. The molecular weight excluding hydrogens is 254 g/mol. The molecule has 0 spiro atoms. The number of rotatable bonds is 6. The van der Waals surface area contributed by atoms with Gasteiger partial charge in [0.1, 0.15) is 0 Å². The van der Waals surface area contributed by atoms with Gasteiger partial charge in [0.05, 0.1) is 0 Å². The Morgan fingerprint density at radius 1 is 1.05 bits per heavy atom. The molecule has 1 fully saturated rings. The molecule has 112 valence electrons. The second-order valence-electron chi connectivity index (χ2n) is 6.41. The van der Waals surface area contributed by atoms with Gasteiger partial charge in [-0.2, -0.15) is 0 Å². The molecule has 1 N–H and O–H groups in total. The van der Waals surface area contributed by atoms with Gasteiger partial charge in [-0.3, -0.25) is 0 Å². The van der Waals surface area contributed by atoms with E-state index in [1.807, 2.05) is 0 Å². The van der Waals surface area contributed by atoms with Crippen LogP contribution < -0.4 is 5.32 Å². The highest BCUT2D eigenvalue weighted by atomic mass is 14.9. The van der Waals surface area contributed by atoms with Gasteiger partial charge < -0.3 is 5.32 Å². The maximum absolute atomic E-state index is 3.72. The van der Waals surface area contributed by atoms with Crippen LogP contribution in [-0.2, 0) is 0 Å². The molecule has 1 nitrogen and oxygen atoms in total. The smallest absolute Gasteiger partial charge is 0.0326 e. The fourth-order valence-electron chi connectivity index (χ4n) is 3.87. The van der Waals surface area contributed by atoms with Gasteiger partial charge in [0.15, 0.2) is 0 Å². The monoisotopic (exact) mass is 281 g/mol. The Kier molecular flexibility index (Phi) is 4.92. The molecule has 0 radical (unpaired) electrons. The summed E-state index contributed by atoms with van der Waals surface area (Å²) in [5.41, 5.74) is 1.48. The lowest BCUT2D eigenvalue weighted by Gasteiger charge is -2.22. The molecule has 1 heteroatoms. The van der Waals surface area contributed by atoms with Crippen molar-refractivity contribution < 1.29 is 0 Å². The van der Waals surface area contributed by atoms with Crippen molar-refractivity contribution >= 4 is 10.8 Å². The third kappa shape index (κ3) is 3.47. The van der Waals surface area contributed by atoms with Crippen molar-refractivity contribution in [1.82, 2.24) is 5.32 Å². The van der Waals surface area contributed by atoms with E-state index in [0.29, 0.717) is 6.04 Å². The Hall–Kier alpha value is -1.34. The van der Waals surface area contributed by atoms with Crippen molar-refractivity contribution in [2.24, 2.45) is 5.92 Å². The minimum absolute atomic E-state index is 0.502. The molecule has 1 saturated carbocycles. The standard InChI is InChI=1S/C20H27N/c1-2-21-20(15-14-16-8-3-4-9-16)19-13-7-11-17-10-5-6-12-18(17)19/h5-7,10-13,16,20-21H,2-4,8-9,14-15H2,1H3. The van der Waals surface area contributed by atoms with Gasteiger partial charge in [0.2, 0.25) is 0 Å². The average Bonchev–Trinajstić information content (AvgIpc) is 3.04. The van der Waals surface area contributed by atoms with Gasteiger partial charge >= 0.3 is 0 Å². The molecule has 2 aromatic rings. The Balaban J connectivity index is 1.80. The molecule has 2 aromatic carbocycles. The molecule has 3 rings (SSSR count). The first-order chi connectivity index (χ1) is 10.4. The van der Waals surface area contributed by atoms with Crippen LogP contribution in [0.25, 0.3) is 10.8 Å². The van der Waals surface area contributed by atoms with Gasteiger partial charge in [0.25, 0.3) is 0 Å². The highest BCUT2D eigenvalue weighted by Crippen LogP contribution is 2.33. The molecular formula is C20H27N. The van der Waals surface area contributed by atoms with Crippen LogP contribution >= 0.6 is 0 Å². The zero-order valence-electron chi connectivity index (χ0n) is 13.1. The minimum atomic E-state index is 0.502. The van der Waals surface area contributed by atoms with E-state index < -0.39 is 0 Å². The number of hydrogen-bond donors (Lipinski definition) is 1. The van der Waals surface area contributed by atoms with E-state index in [4.69, 9.17) is 0 Å². The van der Waals surface area contributed by atoms with Crippen LogP contribution in [0.2, 0.25) is 0 Å². The summed E-state index contributed by atoms with van der Waals surface area (Å²) >= 11 is 0. The lowest BCUT2D eigenvalue weighted by Crippen LogP contribution is -2.21. The lowest BCUT2D eigenvalue weighted by molar-refractivity contribution is 0.418. The summed E-state index contributed by atoms with van der Waals surface area (Å²) in [6, 6.07) is 16.0. The number of hydrogen-bond acceptors (Lipinski definition) is 1. The number of benzene rings is 2. The summed E-state index contributed by atoms with van der Waals surface area (Å²) < 4.78 is 0. The van der Waals surface area contributed by atoms with E-state index >= 15 is 0 Å². The Bertz CT molecular complexity index is 564. The molecule has 0 heterocycles. The molecule has 0 aliphatic heterocycles. The van der Waals surface area contributed by atoms with Crippen molar-refractivity contribution in [1.29, 1.82) is 0 Å². The largest absolute Gasteiger partial charge is 0.310 e. The second-order valence-corrected chi connectivity index (χ2v) is 6.41. The second kappa shape index (κ2) is 7.09. The van der Waals surface area contributed by atoms with Crippen molar-refractivity contribution in [3.63, 3.8) is 0 Å². The van der Waals surface area contributed by atoms with Gasteiger partial charge in [-0.25, -0.2) is 0 Å². The van der Waals surface area contributed by atoms with E-state index in [0.717, 1.165) is 12.5 Å². The highest BCUT2D eigenvalue weighted by Gasteiger charge is 2.19. The van der Waals surface area contributed by atoms with Crippen molar-refractivity contribution in [2.45, 2.75) is 51.5 Å². The first-order valence-corrected chi connectivity index (χ1v) is 8.59.